The molecule has 1 aliphatic rings. The maximum absolute atomic E-state index is 5.44. The molecule has 0 atom stereocenters. The van der Waals surface area contributed by atoms with Crippen LogP contribution in [0.4, 0.5) is 0 Å². The predicted octanol–water partition coefficient (Wildman–Crippen LogP) is 4.01. The van der Waals surface area contributed by atoms with Crippen molar-refractivity contribution < 1.29 is 9.47 Å². The second kappa shape index (κ2) is 5.29. The van der Waals surface area contributed by atoms with E-state index in [0.29, 0.717) is 0 Å². The van der Waals surface area contributed by atoms with Gasteiger partial charge in [0, 0.05) is 15.6 Å². The molecule has 0 radical (unpaired) electrons. The molecule has 4 aromatic rings. The average molecular weight is 401 g/mol. The Hall–Kier alpha value is -2.45. The predicted molar refractivity (Wildman–Crippen MR) is 93.4 cm³/mol. The third-order valence-electron chi connectivity index (χ3n) is 3.71. The summed E-state index contributed by atoms with van der Waals surface area (Å²) in [5.74, 6) is 2.23. The Labute approximate surface area is 148 Å². The van der Waals surface area contributed by atoms with Crippen LogP contribution in [0.3, 0.4) is 0 Å². The van der Waals surface area contributed by atoms with Crippen LogP contribution in [0.15, 0.2) is 46.9 Å². The molecule has 0 spiro atoms. The Morgan fingerprint density at radius 2 is 1.75 bits per heavy atom. The van der Waals surface area contributed by atoms with Crippen molar-refractivity contribution in [2.45, 2.75) is 0 Å². The van der Waals surface area contributed by atoms with Gasteiger partial charge in [0.1, 0.15) is 5.01 Å². The molecular formula is C16H9BrN4O2S. The Kier molecular flexibility index (Phi) is 3.07. The van der Waals surface area contributed by atoms with Gasteiger partial charge in [-0.3, -0.25) is 0 Å². The number of hydrogen-bond donors (Lipinski definition) is 0. The summed E-state index contributed by atoms with van der Waals surface area (Å²) >= 11 is 4.93. The average Bonchev–Trinajstić information content (AvgIpc) is 3.30. The summed E-state index contributed by atoms with van der Waals surface area (Å²) in [6, 6.07) is 13.7. The summed E-state index contributed by atoms with van der Waals surface area (Å²) in [7, 11) is 0. The largest absolute Gasteiger partial charge is 0.454 e. The van der Waals surface area contributed by atoms with E-state index >= 15 is 0 Å². The highest BCUT2D eigenvalue weighted by atomic mass is 79.9. The van der Waals surface area contributed by atoms with Gasteiger partial charge in [0.05, 0.1) is 0 Å². The van der Waals surface area contributed by atoms with Crippen LogP contribution in [0.1, 0.15) is 0 Å². The van der Waals surface area contributed by atoms with E-state index in [1.54, 1.807) is 4.52 Å². The highest BCUT2D eigenvalue weighted by molar-refractivity contribution is 9.10. The lowest BCUT2D eigenvalue weighted by atomic mass is 10.2. The molecule has 0 fully saturated rings. The number of rotatable bonds is 2. The zero-order valence-corrected chi connectivity index (χ0v) is 14.5. The Bertz CT molecular complexity index is 1060. The van der Waals surface area contributed by atoms with E-state index in [2.05, 4.69) is 31.2 Å². The van der Waals surface area contributed by atoms with E-state index in [-0.39, 0.29) is 6.79 Å². The lowest BCUT2D eigenvalue weighted by Gasteiger charge is -1.99. The van der Waals surface area contributed by atoms with Crippen LogP contribution < -0.4 is 9.47 Å². The minimum Gasteiger partial charge on any atom is -0.454 e. The maximum Gasteiger partial charge on any atom is 0.235 e. The second-order valence-corrected chi connectivity index (χ2v) is 7.07. The molecule has 0 bridgehead atoms. The van der Waals surface area contributed by atoms with Crippen LogP contribution in [-0.4, -0.2) is 26.6 Å². The fourth-order valence-electron chi connectivity index (χ4n) is 2.54. The summed E-state index contributed by atoms with van der Waals surface area (Å²) < 4.78 is 13.6. The van der Waals surface area contributed by atoms with Crippen molar-refractivity contribution in [2.24, 2.45) is 0 Å². The number of benzene rings is 2. The Morgan fingerprint density at radius 1 is 0.958 bits per heavy atom. The first-order chi connectivity index (χ1) is 11.8. The highest BCUT2D eigenvalue weighted by Crippen LogP contribution is 2.37. The lowest BCUT2D eigenvalue weighted by molar-refractivity contribution is 0.174. The van der Waals surface area contributed by atoms with Gasteiger partial charge in [0.25, 0.3) is 0 Å². The summed E-state index contributed by atoms with van der Waals surface area (Å²) in [5.41, 5.74) is 1.93. The standard InChI is InChI=1S/C16H9BrN4O2S/c17-11-4-1-9(2-5-11)14-18-19-16-21(14)20-15(24-16)10-3-6-12-13(7-10)23-8-22-12/h1-7H,8H2. The molecule has 5 rings (SSSR count). The van der Waals surface area contributed by atoms with Gasteiger partial charge in [-0.2, -0.15) is 9.61 Å². The number of halogens is 1. The quantitative estimate of drug-likeness (QED) is 0.508. The number of aromatic nitrogens is 4. The van der Waals surface area contributed by atoms with E-state index in [4.69, 9.17) is 9.47 Å². The maximum atomic E-state index is 5.44. The van der Waals surface area contributed by atoms with E-state index in [0.717, 1.165) is 42.9 Å². The molecule has 0 saturated carbocycles. The molecule has 2 aromatic heterocycles. The first-order valence-corrected chi connectivity index (χ1v) is 8.77. The summed E-state index contributed by atoms with van der Waals surface area (Å²) in [5, 5.41) is 14.0. The normalized spacial score (nSPS) is 12.9. The van der Waals surface area contributed by atoms with Crippen LogP contribution in [-0.2, 0) is 0 Å². The van der Waals surface area contributed by atoms with Crippen LogP contribution in [0.25, 0.3) is 26.9 Å². The molecule has 24 heavy (non-hydrogen) atoms. The van der Waals surface area contributed by atoms with Gasteiger partial charge in [-0.05, 0) is 30.3 Å². The van der Waals surface area contributed by atoms with Crippen molar-refractivity contribution in [1.82, 2.24) is 19.8 Å². The van der Waals surface area contributed by atoms with Gasteiger partial charge in [-0.1, -0.05) is 39.4 Å². The van der Waals surface area contributed by atoms with Crippen molar-refractivity contribution in [2.75, 3.05) is 6.79 Å². The van der Waals surface area contributed by atoms with Crippen LogP contribution in [0.2, 0.25) is 0 Å². The first-order valence-electron chi connectivity index (χ1n) is 7.16. The Balaban J connectivity index is 1.60. The highest BCUT2D eigenvalue weighted by Gasteiger charge is 2.18. The second-order valence-electron chi connectivity index (χ2n) is 5.20. The topological polar surface area (TPSA) is 61.5 Å². The molecule has 8 heteroatoms. The molecule has 118 valence electrons. The van der Waals surface area contributed by atoms with Crippen molar-refractivity contribution in [1.29, 1.82) is 0 Å². The van der Waals surface area contributed by atoms with E-state index in [1.165, 1.54) is 11.3 Å². The smallest absolute Gasteiger partial charge is 0.235 e. The van der Waals surface area contributed by atoms with Crippen LogP contribution in [0, 0.1) is 0 Å². The molecule has 0 unspecified atom stereocenters. The minimum absolute atomic E-state index is 0.262. The van der Waals surface area contributed by atoms with E-state index < -0.39 is 0 Å². The number of nitrogens with zero attached hydrogens (tertiary/aromatic N) is 4. The van der Waals surface area contributed by atoms with Crippen molar-refractivity contribution in [3.63, 3.8) is 0 Å². The summed E-state index contributed by atoms with van der Waals surface area (Å²) in [6.07, 6.45) is 0. The van der Waals surface area contributed by atoms with Gasteiger partial charge in [-0.15, -0.1) is 10.2 Å². The number of hydrogen-bond acceptors (Lipinski definition) is 6. The Morgan fingerprint density at radius 3 is 2.62 bits per heavy atom. The van der Waals surface area contributed by atoms with Crippen molar-refractivity contribution >= 4 is 32.2 Å². The monoisotopic (exact) mass is 400 g/mol. The lowest BCUT2D eigenvalue weighted by Crippen LogP contribution is -1.92. The fourth-order valence-corrected chi connectivity index (χ4v) is 3.64. The minimum atomic E-state index is 0.262. The zero-order chi connectivity index (χ0) is 16.1. The van der Waals surface area contributed by atoms with Gasteiger partial charge < -0.3 is 9.47 Å². The third-order valence-corrected chi connectivity index (χ3v) is 5.19. The number of ether oxygens (including phenoxy) is 2. The first kappa shape index (κ1) is 13.9. The van der Waals surface area contributed by atoms with Gasteiger partial charge in [0.15, 0.2) is 17.3 Å². The van der Waals surface area contributed by atoms with Gasteiger partial charge in [0.2, 0.25) is 11.8 Å². The summed E-state index contributed by atoms with van der Waals surface area (Å²) in [4.78, 5) is 0.751. The van der Waals surface area contributed by atoms with Crippen molar-refractivity contribution in [3.05, 3.63) is 46.9 Å². The zero-order valence-electron chi connectivity index (χ0n) is 12.1. The number of fused-ring (bicyclic) bond motifs is 2. The van der Waals surface area contributed by atoms with E-state index in [1.807, 2.05) is 42.5 Å². The SMILES string of the molecule is Brc1ccc(-c2nnc3sc(-c4ccc5c(c4)OCO5)nn23)cc1. The van der Waals surface area contributed by atoms with Gasteiger partial charge in [-0.25, -0.2) is 0 Å². The third kappa shape index (κ3) is 2.18. The molecule has 0 saturated heterocycles. The molecule has 6 nitrogen and oxygen atoms in total. The molecule has 1 aliphatic heterocycles. The molecule has 0 amide bonds. The van der Waals surface area contributed by atoms with Crippen LogP contribution >= 0.6 is 27.3 Å². The molecular weight excluding hydrogens is 392 g/mol. The van der Waals surface area contributed by atoms with Crippen molar-refractivity contribution in [3.8, 4) is 33.5 Å². The fraction of sp³-hybridized carbons (Fsp3) is 0.0625. The molecule has 2 aromatic carbocycles. The molecule has 0 N–H and O–H groups in total. The van der Waals surface area contributed by atoms with Crippen LogP contribution in [0.5, 0.6) is 11.5 Å². The van der Waals surface area contributed by atoms with Gasteiger partial charge >= 0.3 is 0 Å². The molecule has 0 aliphatic carbocycles. The molecule has 3 heterocycles. The summed E-state index contributed by atoms with van der Waals surface area (Å²) in [6.45, 7) is 0.262. The van der Waals surface area contributed by atoms with E-state index in [9.17, 15) is 0 Å².